The van der Waals surface area contributed by atoms with Crippen LogP contribution in [0.3, 0.4) is 0 Å². The molecule has 0 aromatic heterocycles. The van der Waals surface area contributed by atoms with Gasteiger partial charge in [0.1, 0.15) is 0 Å². The first-order chi connectivity index (χ1) is 7.38. The van der Waals surface area contributed by atoms with Crippen LogP contribution in [0.2, 0.25) is 0 Å². The van der Waals surface area contributed by atoms with Crippen LogP contribution >= 0.6 is 0 Å². The first-order valence-electron chi connectivity index (χ1n) is 5.56. The number of hydrogen-bond acceptors (Lipinski definition) is 1. The fraction of sp³-hybridized carbons (Fsp3) is 0.462. The van der Waals surface area contributed by atoms with E-state index in [1.54, 1.807) is 0 Å². The summed E-state index contributed by atoms with van der Waals surface area (Å²) in [6.45, 7) is 7.14. The molecule has 1 aliphatic heterocycles. The third kappa shape index (κ3) is 1.99. The summed E-state index contributed by atoms with van der Waals surface area (Å²) in [4.78, 5) is 13.0. The Labute approximate surface area is 98.1 Å². The lowest BCUT2D eigenvalue weighted by molar-refractivity contribution is 0.0880. The van der Waals surface area contributed by atoms with Crippen molar-refractivity contribution in [2.75, 3.05) is 0 Å². The van der Waals surface area contributed by atoms with Gasteiger partial charge in [-0.15, -0.1) is 0 Å². The van der Waals surface area contributed by atoms with Crippen molar-refractivity contribution in [2.45, 2.75) is 33.7 Å². The Morgan fingerprint density at radius 2 is 2.06 bits per heavy atom. The minimum atomic E-state index is -0.0641. The van der Waals surface area contributed by atoms with E-state index in [0.29, 0.717) is 6.54 Å². The zero-order valence-electron chi connectivity index (χ0n) is 10.1. The Balaban J connectivity index is 2.40. The summed E-state index contributed by atoms with van der Waals surface area (Å²) < 4.78 is 0. The Kier molecular flexibility index (Phi) is 2.57. The molecule has 1 aliphatic rings. The van der Waals surface area contributed by atoms with Crippen molar-refractivity contribution < 1.29 is 4.79 Å². The number of rotatable bonds is 1. The monoisotopic (exact) mass is 213 g/mol. The lowest BCUT2D eigenvalue weighted by Gasteiger charge is -2.20. The Morgan fingerprint density at radius 1 is 1.38 bits per heavy atom. The molecule has 0 atom stereocenters. The van der Waals surface area contributed by atoms with Crippen LogP contribution in [0.5, 0.6) is 0 Å². The molecule has 1 amide bonds. The molecule has 0 unspecified atom stereocenters. The van der Waals surface area contributed by atoms with E-state index in [4.69, 9.17) is 7.98 Å². The maximum absolute atomic E-state index is 11.7. The van der Waals surface area contributed by atoms with E-state index in [9.17, 15) is 4.79 Å². The summed E-state index contributed by atoms with van der Waals surface area (Å²) >= 11 is 0. The van der Waals surface area contributed by atoms with Gasteiger partial charge in [-0.25, -0.2) is 0 Å². The van der Waals surface area contributed by atoms with Crippen molar-refractivity contribution in [3.63, 3.8) is 0 Å². The van der Waals surface area contributed by atoms with Gasteiger partial charge in [0.15, 0.2) is 0 Å². The predicted octanol–water partition coefficient (Wildman–Crippen LogP) is 2.31. The van der Waals surface area contributed by atoms with E-state index in [1.165, 1.54) is 10.4 Å². The Hall–Kier alpha value is -1.25. The van der Waals surface area contributed by atoms with Crippen LogP contribution in [-0.2, 0) is 13.0 Å². The highest BCUT2D eigenvalue weighted by Crippen LogP contribution is 2.29. The lowest BCUT2D eigenvalue weighted by Crippen LogP contribution is -2.19. The fourth-order valence-electron chi connectivity index (χ4n) is 2.16. The molecule has 1 aromatic carbocycles. The molecular weight excluding hydrogens is 197 g/mol. The van der Waals surface area contributed by atoms with E-state index < -0.39 is 0 Å². The normalized spacial score (nSPS) is 15.4. The molecule has 0 saturated carbocycles. The summed E-state index contributed by atoms with van der Waals surface area (Å²) in [6, 6.07) is 5.89. The second-order valence-electron chi connectivity index (χ2n) is 5.61. The van der Waals surface area contributed by atoms with Gasteiger partial charge in [0.2, 0.25) is 13.9 Å². The van der Waals surface area contributed by atoms with Crippen molar-refractivity contribution in [3.05, 3.63) is 34.9 Å². The van der Waals surface area contributed by atoms with Crippen molar-refractivity contribution in [1.29, 1.82) is 0 Å². The van der Waals surface area contributed by atoms with Gasteiger partial charge in [-0.2, -0.15) is 0 Å². The van der Waals surface area contributed by atoms with Crippen molar-refractivity contribution in [1.82, 2.24) is 4.81 Å². The molecule has 0 saturated heterocycles. The van der Waals surface area contributed by atoms with Gasteiger partial charge in [-0.1, -0.05) is 32.9 Å². The maximum Gasteiger partial charge on any atom is 0.241 e. The molecule has 0 aliphatic carbocycles. The third-order valence-corrected chi connectivity index (χ3v) is 2.81. The summed E-state index contributed by atoms with van der Waals surface area (Å²) in [6.07, 6.45) is 0.970. The van der Waals surface area contributed by atoms with Gasteiger partial charge in [-0.05, 0) is 29.0 Å². The second kappa shape index (κ2) is 3.65. The first-order valence-corrected chi connectivity index (χ1v) is 5.56. The highest BCUT2D eigenvalue weighted by atomic mass is 16.2. The topological polar surface area (TPSA) is 20.3 Å². The summed E-state index contributed by atoms with van der Waals surface area (Å²) in [7, 11) is 5.64. The van der Waals surface area contributed by atoms with E-state index in [1.807, 2.05) is 12.1 Å². The van der Waals surface area contributed by atoms with E-state index in [0.717, 1.165) is 17.5 Å². The van der Waals surface area contributed by atoms with E-state index in [2.05, 4.69) is 26.8 Å². The third-order valence-electron chi connectivity index (χ3n) is 2.81. The molecule has 2 radical (unpaired) electrons. The number of benzene rings is 1. The number of nitrogens with zero attached hydrogens (tertiary/aromatic N) is 1. The summed E-state index contributed by atoms with van der Waals surface area (Å²) in [5, 5.41) is 0. The molecule has 0 bridgehead atoms. The first kappa shape index (κ1) is 11.2. The van der Waals surface area contributed by atoms with Gasteiger partial charge >= 0.3 is 0 Å². The molecule has 1 heterocycles. The van der Waals surface area contributed by atoms with Crippen LogP contribution in [0.15, 0.2) is 18.2 Å². The van der Waals surface area contributed by atoms with Crippen LogP contribution in [-0.4, -0.2) is 18.7 Å². The molecule has 3 heteroatoms. The number of hydrogen-bond donors (Lipinski definition) is 0. The van der Waals surface area contributed by atoms with Crippen LogP contribution in [0, 0.1) is 5.41 Å². The minimum absolute atomic E-state index is 0.0641. The van der Waals surface area contributed by atoms with Crippen LogP contribution < -0.4 is 0 Å². The molecule has 2 nitrogen and oxygen atoms in total. The lowest BCUT2D eigenvalue weighted by atomic mass is 9.85. The van der Waals surface area contributed by atoms with Gasteiger partial charge in [0.25, 0.3) is 0 Å². The smallest absolute Gasteiger partial charge is 0.241 e. The van der Waals surface area contributed by atoms with Crippen LogP contribution in [0.4, 0.5) is 0 Å². The minimum Gasteiger partial charge on any atom is -0.389 e. The Bertz CT molecular complexity index is 434. The fourth-order valence-corrected chi connectivity index (χ4v) is 2.16. The number of amides is 1. The van der Waals surface area contributed by atoms with Crippen molar-refractivity contribution in [2.24, 2.45) is 5.41 Å². The highest BCUT2D eigenvalue weighted by molar-refractivity contribution is 6.20. The van der Waals surface area contributed by atoms with E-state index >= 15 is 0 Å². The zero-order chi connectivity index (χ0) is 11.9. The molecule has 0 N–H and O–H groups in total. The molecule has 2 rings (SSSR count). The Morgan fingerprint density at radius 3 is 2.69 bits per heavy atom. The van der Waals surface area contributed by atoms with Gasteiger partial charge in [0.05, 0.1) is 0 Å². The average Bonchev–Trinajstić information content (AvgIpc) is 2.43. The van der Waals surface area contributed by atoms with Gasteiger partial charge in [-0.3, -0.25) is 4.79 Å². The highest BCUT2D eigenvalue weighted by Gasteiger charge is 2.26. The summed E-state index contributed by atoms with van der Waals surface area (Å²) in [5.74, 6) is -0.0641. The molecule has 0 fully saturated rings. The van der Waals surface area contributed by atoms with Crippen molar-refractivity contribution in [3.8, 4) is 0 Å². The van der Waals surface area contributed by atoms with E-state index in [-0.39, 0.29) is 11.3 Å². The SMILES string of the molecule is [B]N1Cc2c(CC(C)(C)C)cccc2C1=O. The number of carbonyl (C=O) groups is 1. The molecule has 16 heavy (non-hydrogen) atoms. The molecule has 82 valence electrons. The molecular formula is C13H16BNO. The number of fused-ring (bicyclic) bond motifs is 1. The van der Waals surface area contributed by atoms with Crippen molar-refractivity contribution >= 4 is 13.9 Å². The zero-order valence-corrected chi connectivity index (χ0v) is 10.1. The largest absolute Gasteiger partial charge is 0.389 e. The molecule has 1 aromatic rings. The second-order valence-corrected chi connectivity index (χ2v) is 5.61. The quantitative estimate of drug-likeness (QED) is 0.655. The van der Waals surface area contributed by atoms with Gasteiger partial charge in [0, 0.05) is 12.1 Å². The van der Waals surface area contributed by atoms with Gasteiger partial charge < -0.3 is 4.81 Å². The summed E-state index contributed by atoms with van der Waals surface area (Å²) in [5.41, 5.74) is 3.33. The predicted molar refractivity (Wildman–Crippen MR) is 65.2 cm³/mol. The standard InChI is InChI=1S/C13H16BNO/c1-13(2,3)7-9-5-4-6-10-11(9)8-15(14)12(10)16/h4-6H,7-8H2,1-3H3. The number of carbonyl (C=O) groups excluding carboxylic acids is 1. The average molecular weight is 213 g/mol. The van der Waals surface area contributed by atoms with Crippen LogP contribution in [0.1, 0.15) is 42.3 Å². The van der Waals surface area contributed by atoms with Crippen LogP contribution in [0.25, 0.3) is 0 Å². The molecule has 0 spiro atoms. The maximum atomic E-state index is 11.7.